The molecule has 0 bridgehead atoms. The molecule has 0 spiro atoms. The van der Waals surface area contributed by atoms with Gasteiger partial charge in [-0.1, -0.05) is 24.6 Å². The van der Waals surface area contributed by atoms with Crippen LogP contribution in [0.2, 0.25) is 0 Å². The van der Waals surface area contributed by atoms with Crippen LogP contribution in [0.5, 0.6) is 0 Å². The summed E-state index contributed by atoms with van der Waals surface area (Å²) in [4.78, 5) is 4.45. The zero-order chi connectivity index (χ0) is 13.0. The zero-order valence-corrected chi connectivity index (χ0v) is 11.1. The number of hydrogen-bond acceptors (Lipinski definition) is 4. The van der Waals surface area contributed by atoms with Crippen molar-refractivity contribution in [1.29, 1.82) is 0 Å². The molecule has 1 fully saturated rings. The van der Waals surface area contributed by atoms with Gasteiger partial charge >= 0.3 is 0 Å². The van der Waals surface area contributed by atoms with Crippen molar-refractivity contribution in [3.05, 3.63) is 24.4 Å². The Morgan fingerprint density at radius 2 is 2.17 bits per heavy atom. The Morgan fingerprint density at radius 3 is 2.78 bits per heavy atom. The first-order chi connectivity index (χ1) is 8.74. The van der Waals surface area contributed by atoms with Gasteiger partial charge < -0.3 is 10.3 Å². The van der Waals surface area contributed by atoms with Crippen LogP contribution in [0.25, 0.3) is 0 Å². The highest BCUT2D eigenvalue weighted by Gasteiger charge is 2.25. The third kappa shape index (κ3) is 2.99. The summed E-state index contributed by atoms with van der Waals surface area (Å²) in [5.74, 6) is 2.73. The Kier molecular flexibility index (Phi) is 4.53. The fourth-order valence-electron chi connectivity index (χ4n) is 2.67. The Balaban J connectivity index is 1.96. The van der Waals surface area contributed by atoms with Crippen LogP contribution in [0.1, 0.15) is 69.1 Å². The predicted octanol–water partition coefficient (Wildman–Crippen LogP) is 3.33. The number of aromatic nitrogens is 2. The first-order valence-corrected chi connectivity index (χ1v) is 6.94. The van der Waals surface area contributed by atoms with Gasteiger partial charge in [-0.25, -0.2) is 0 Å². The molecule has 18 heavy (non-hydrogen) atoms. The van der Waals surface area contributed by atoms with Crippen LogP contribution in [0.4, 0.5) is 0 Å². The van der Waals surface area contributed by atoms with E-state index in [1.807, 2.05) is 0 Å². The van der Waals surface area contributed by atoms with Crippen molar-refractivity contribution in [2.75, 3.05) is 0 Å². The summed E-state index contributed by atoms with van der Waals surface area (Å²) in [6.45, 7) is 5.94. The van der Waals surface area contributed by atoms with Gasteiger partial charge in [-0.15, -0.1) is 6.58 Å². The number of rotatable bonds is 5. The van der Waals surface area contributed by atoms with E-state index in [4.69, 9.17) is 10.3 Å². The summed E-state index contributed by atoms with van der Waals surface area (Å²) < 4.78 is 5.25. The van der Waals surface area contributed by atoms with E-state index in [1.54, 1.807) is 6.08 Å². The highest BCUT2D eigenvalue weighted by Crippen LogP contribution is 2.35. The maximum atomic E-state index is 5.92. The van der Waals surface area contributed by atoms with Gasteiger partial charge in [0.05, 0.1) is 6.04 Å². The van der Waals surface area contributed by atoms with E-state index in [0.29, 0.717) is 18.2 Å². The molecule has 4 heteroatoms. The van der Waals surface area contributed by atoms with E-state index in [2.05, 4.69) is 23.6 Å². The van der Waals surface area contributed by atoms with E-state index in [9.17, 15) is 0 Å². The van der Waals surface area contributed by atoms with Gasteiger partial charge in [0.15, 0.2) is 5.82 Å². The van der Waals surface area contributed by atoms with Gasteiger partial charge in [0, 0.05) is 5.92 Å². The maximum absolute atomic E-state index is 5.92. The highest BCUT2D eigenvalue weighted by atomic mass is 16.5. The molecular weight excluding hydrogens is 226 g/mol. The van der Waals surface area contributed by atoms with E-state index >= 15 is 0 Å². The minimum absolute atomic E-state index is 0.212. The molecule has 0 aliphatic heterocycles. The molecule has 1 saturated carbocycles. The third-order valence-corrected chi connectivity index (χ3v) is 3.98. The summed E-state index contributed by atoms with van der Waals surface area (Å²) in [6, 6.07) is -0.212. The molecule has 1 unspecified atom stereocenters. The molecule has 1 heterocycles. The van der Waals surface area contributed by atoms with Gasteiger partial charge in [-0.2, -0.15) is 4.98 Å². The van der Waals surface area contributed by atoms with Crippen molar-refractivity contribution >= 4 is 0 Å². The Hall–Kier alpha value is -1.16. The van der Waals surface area contributed by atoms with Crippen LogP contribution in [-0.2, 0) is 0 Å². The van der Waals surface area contributed by atoms with E-state index in [0.717, 1.165) is 11.7 Å². The van der Waals surface area contributed by atoms with Crippen molar-refractivity contribution in [3.63, 3.8) is 0 Å². The summed E-state index contributed by atoms with van der Waals surface area (Å²) in [7, 11) is 0. The molecule has 1 aliphatic carbocycles. The number of hydrogen-bond donors (Lipinski definition) is 1. The SMILES string of the molecule is C=CCC(N)c1nc(C2CCC(CC)CC2)no1. The lowest BCUT2D eigenvalue weighted by Gasteiger charge is -2.25. The van der Waals surface area contributed by atoms with Gasteiger partial charge in [0.25, 0.3) is 0 Å². The first kappa shape index (κ1) is 13.3. The Bertz CT molecular complexity index is 380. The van der Waals surface area contributed by atoms with E-state index in [1.165, 1.54) is 32.1 Å². The van der Waals surface area contributed by atoms with Gasteiger partial charge in [-0.05, 0) is 38.0 Å². The van der Waals surface area contributed by atoms with Crippen LogP contribution < -0.4 is 5.73 Å². The standard InChI is InChI=1S/C14H23N3O/c1-3-5-12(15)14-16-13(17-18-14)11-8-6-10(4-2)7-9-11/h3,10-12H,1,4-9,15H2,2H3. The van der Waals surface area contributed by atoms with Crippen LogP contribution in [-0.4, -0.2) is 10.1 Å². The predicted molar refractivity (Wildman–Crippen MR) is 71.0 cm³/mol. The summed E-state index contributed by atoms with van der Waals surface area (Å²) in [5, 5.41) is 4.09. The van der Waals surface area contributed by atoms with Crippen LogP contribution in [0.15, 0.2) is 17.2 Å². The molecular formula is C14H23N3O. The minimum Gasteiger partial charge on any atom is -0.338 e. The molecule has 0 aromatic carbocycles. The molecule has 0 saturated heterocycles. The largest absolute Gasteiger partial charge is 0.338 e. The molecule has 1 aromatic heterocycles. The quantitative estimate of drug-likeness (QED) is 0.813. The number of nitrogens with zero attached hydrogens (tertiary/aromatic N) is 2. The van der Waals surface area contributed by atoms with Crippen molar-refractivity contribution in [1.82, 2.24) is 10.1 Å². The summed E-state index contributed by atoms with van der Waals surface area (Å²) >= 11 is 0. The lowest BCUT2D eigenvalue weighted by Crippen LogP contribution is -2.14. The third-order valence-electron chi connectivity index (χ3n) is 3.98. The summed E-state index contributed by atoms with van der Waals surface area (Å²) in [6.07, 6.45) is 8.65. The molecule has 4 nitrogen and oxygen atoms in total. The van der Waals surface area contributed by atoms with Crippen molar-refractivity contribution in [2.24, 2.45) is 11.7 Å². The topological polar surface area (TPSA) is 64.9 Å². The Morgan fingerprint density at radius 1 is 1.44 bits per heavy atom. The van der Waals surface area contributed by atoms with Crippen molar-refractivity contribution in [3.8, 4) is 0 Å². The second-order valence-corrected chi connectivity index (χ2v) is 5.25. The average molecular weight is 249 g/mol. The fourth-order valence-corrected chi connectivity index (χ4v) is 2.67. The first-order valence-electron chi connectivity index (χ1n) is 6.94. The second-order valence-electron chi connectivity index (χ2n) is 5.25. The monoisotopic (exact) mass is 249 g/mol. The molecule has 1 aromatic rings. The summed E-state index contributed by atoms with van der Waals surface area (Å²) in [5.41, 5.74) is 5.92. The Labute approximate surface area is 109 Å². The number of nitrogens with two attached hydrogens (primary N) is 1. The van der Waals surface area contributed by atoms with Gasteiger partial charge in [0.2, 0.25) is 5.89 Å². The van der Waals surface area contributed by atoms with E-state index < -0.39 is 0 Å². The molecule has 2 rings (SSSR count). The van der Waals surface area contributed by atoms with Crippen molar-refractivity contribution in [2.45, 2.75) is 57.4 Å². The van der Waals surface area contributed by atoms with Crippen molar-refractivity contribution < 1.29 is 4.52 Å². The lowest BCUT2D eigenvalue weighted by molar-refractivity contribution is 0.301. The average Bonchev–Trinajstić information content (AvgIpc) is 2.89. The molecule has 1 atom stereocenters. The zero-order valence-electron chi connectivity index (χ0n) is 11.1. The molecule has 2 N–H and O–H groups in total. The fraction of sp³-hybridized carbons (Fsp3) is 0.714. The minimum atomic E-state index is -0.212. The molecule has 0 amide bonds. The van der Waals surface area contributed by atoms with Crippen LogP contribution >= 0.6 is 0 Å². The highest BCUT2D eigenvalue weighted by molar-refractivity contribution is 5.00. The van der Waals surface area contributed by atoms with Crippen LogP contribution in [0, 0.1) is 5.92 Å². The molecule has 0 radical (unpaired) electrons. The van der Waals surface area contributed by atoms with Gasteiger partial charge in [-0.3, -0.25) is 0 Å². The second kappa shape index (κ2) is 6.14. The smallest absolute Gasteiger partial charge is 0.243 e. The van der Waals surface area contributed by atoms with E-state index in [-0.39, 0.29) is 6.04 Å². The van der Waals surface area contributed by atoms with Crippen LogP contribution in [0.3, 0.4) is 0 Å². The lowest BCUT2D eigenvalue weighted by atomic mass is 9.80. The van der Waals surface area contributed by atoms with Gasteiger partial charge in [0.1, 0.15) is 0 Å². The normalized spacial score (nSPS) is 25.9. The maximum Gasteiger partial charge on any atom is 0.243 e. The molecule has 1 aliphatic rings. The molecule has 100 valence electrons.